The molecule has 3 rings (SSSR count). The summed E-state index contributed by atoms with van der Waals surface area (Å²) in [5.41, 5.74) is 0. The lowest BCUT2D eigenvalue weighted by Gasteiger charge is -2.47. The summed E-state index contributed by atoms with van der Waals surface area (Å²) in [6.45, 7) is 19.5. The van der Waals surface area contributed by atoms with E-state index in [1.165, 1.54) is 0 Å². The number of carbonyl (C=O) groups excluding carboxylic acids is 4. The van der Waals surface area contributed by atoms with Crippen LogP contribution >= 0.6 is 0 Å². The van der Waals surface area contributed by atoms with Crippen molar-refractivity contribution in [2.75, 3.05) is 6.61 Å². The maximum absolute atomic E-state index is 13.3. The standard InChI is InChI=1S/C38H54O10Si/c1-23(2)33(39)45-30-29(22-43-49(38(9,10)11,27-18-14-12-15-19-27)28-20-16-13-17-21-28)44-37(48-36(42)26(7)8)32(47-35(41)25(5)6)31(30)46-34(40)24(3)4/h12-21,23-26,29-32,37H,22H2,1-11H3/t29-,30-,31+,32-,37?/m1/s1. The molecule has 49 heavy (non-hydrogen) atoms. The van der Waals surface area contributed by atoms with Gasteiger partial charge in [-0.05, 0) is 15.4 Å². The molecule has 1 aliphatic rings. The second kappa shape index (κ2) is 16.9. The van der Waals surface area contributed by atoms with Crippen molar-refractivity contribution in [3.8, 4) is 0 Å². The Morgan fingerprint density at radius 3 is 1.35 bits per heavy atom. The summed E-state index contributed by atoms with van der Waals surface area (Å²) in [7, 11) is -3.15. The van der Waals surface area contributed by atoms with Gasteiger partial charge in [0.2, 0.25) is 12.4 Å². The molecule has 5 atom stereocenters. The Bertz CT molecular complexity index is 1360. The second-order valence-electron chi connectivity index (χ2n) is 14.8. The Balaban J connectivity index is 2.23. The summed E-state index contributed by atoms with van der Waals surface area (Å²) in [4.78, 5) is 52.6. The third kappa shape index (κ3) is 9.58. The molecule has 2 aromatic rings. The van der Waals surface area contributed by atoms with Crippen molar-refractivity contribution in [2.24, 2.45) is 23.7 Å². The number of rotatable bonds is 13. The molecule has 11 heteroatoms. The van der Waals surface area contributed by atoms with Gasteiger partial charge in [-0.2, -0.15) is 0 Å². The average Bonchev–Trinajstić information content (AvgIpc) is 3.04. The number of hydrogen-bond donors (Lipinski definition) is 0. The van der Waals surface area contributed by atoms with E-state index in [2.05, 4.69) is 20.8 Å². The third-order valence-electron chi connectivity index (χ3n) is 8.35. The molecule has 0 aromatic heterocycles. The molecule has 1 heterocycles. The molecular formula is C38H54O10Si. The highest BCUT2D eigenvalue weighted by Crippen LogP contribution is 2.38. The smallest absolute Gasteiger partial charge is 0.310 e. The molecule has 0 bridgehead atoms. The Kier molecular flexibility index (Phi) is 13.8. The van der Waals surface area contributed by atoms with Crippen LogP contribution in [0.25, 0.3) is 0 Å². The largest absolute Gasteiger partial charge is 0.455 e. The van der Waals surface area contributed by atoms with Gasteiger partial charge in [0, 0.05) is 0 Å². The Morgan fingerprint density at radius 1 is 0.592 bits per heavy atom. The van der Waals surface area contributed by atoms with Gasteiger partial charge >= 0.3 is 23.9 Å². The second-order valence-corrected chi connectivity index (χ2v) is 19.1. The minimum absolute atomic E-state index is 0.139. The number of hydrogen-bond acceptors (Lipinski definition) is 10. The fourth-order valence-electron chi connectivity index (χ4n) is 5.54. The van der Waals surface area contributed by atoms with Crippen molar-refractivity contribution >= 4 is 42.6 Å². The zero-order valence-corrected chi connectivity index (χ0v) is 31.8. The first-order valence-electron chi connectivity index (χ1n) is 17.1. The van der Waals surface area contributed by atoms with Crippen LogP contribution in [0.5, 0.6) is 0 Å². The molecule has 1 unspecified atom stereocenters. The molecule has 270 valence electrons. The van der Waals surface area contributed by atoms with E-state index in [-0.39, 0.29) is 6.61 Å². The van der Waals surface area contributed by atoms with E-state index >= 15 is 0 Å². The SMILES string of the molecule is CC(C)C(=O)OC1O[C@H](CO[Si](c2ccccc2)(c2ccccc2)C(C)(C)C)[C@@H](OC(=O)C(C)C)[C@H](OC(=O)C(C)C)[C@H]1OC(=O)C(C)C. The Labute approximate surface area is 292 Å². The van der Waals surface area contributed by atoms with Crippen LogP contribution in [0.4, 0.5) is 0 Å². The van der Waals surface area contributed by atoms with Gasteiger partial charge in [0.15, 0.2) is 12.2 Å². The lowest BCUT2D eigenvalue weighted by atomic mass is 9.97. The molecule has 0 N–H and O–H groups in total. The van der Waals surface area contributed by atoms with Crippen LogP contribution in [0.15, 0.2) is 60.7 Å². The van der Waals surface area contributed by atoms with Crippen LogP contribution < -0.4 is 10.4 Å². The lowest BCUT2D eigenvalue weighted by molar-refractivity contribution is -0.302. The minimum Gasteiger partial charge on any atom is -0.455 e. The molecule has 10 nitrogen and oxygen atoms in total. The van der Waals surface area contributed by atoms with Crippen LogP contribution in [-0.4, -0.2) is 69.5 Å². The molecule has 1 saturated heterocycles. The van der Waals surface area contributed by atoms with Gasteiger partial charge in [-0.15, -0.1) is 0 Å². The van der Waals surface area contributed by atoms with Gasteiger partial charge in [-0.1, -0.05) is 137 Å². The van der Waals surface area contributed by atoms with Crippen LogP contribution in [0.1, 0.15) is 76.2 Å². The predicted molar refractivity (Wildman–Crippen MR) is 187 cm³/mol. The topological polar surface area (TPSA) is 124 Å². The molecule has 0 amide bonds. The summed E-state index contributed by atoms with van der Waals surface area (Å²) < 4.78 is 37.3. The fraction of sp³-hybridized carbons (Fsp3) is 0.579. The van der Waals surface area contributed by atoms with Crippen molar-refractivity contribution in [3.63, 3.8) is 0 Å². The molecule has 2 aromatic carbocycles. The van der Waals surface area contributed by atoms with E-state index < -0.39 is 91.6 Å². The first-order valence-corrected chi connectivity index (χ1v) is 19.0. The highest BCUT2D eigenvalue weighted by atomic mass is 28.4. The van der Waals surface area contributed by atoms with Gasteiger partial charge in [0.05, 0.1) is 30.3 Å². The van der Waals surface area contributed by atoms with E-state index in [4.69, 9.17) is 28.1 Å². The lowest BCUT2D eigenvalue weighted by Crippen LogP contribution is -2.69. The number of esters is 4. The maximum atomic E-state index is 13.3. The zero-order valence-electron chi connectivity index (χ0n) is 30.8. The fourth-order valence-corrected chi connectivity index (χ4v) is 10.1. The average molecular weight is 699 g/mol. The van der Waals surface area contributed by atoms with Gasteiger partial charge < -0.3 is 28.1 Å². The molecular weight excluding hydrogens is 644 g/mol. The first kappa shape index (κ1) is 39.9. The zero-order chi connectivity index (χ0) is 36.7. The van der Waals surface area contributed by atoms with Crippen molar-refractivity contribution < 1.29 is 47.3 Å². The third-order valence-corrected chi connectivity index (χ3v) is 13.4. The number of ether oxygens (including phenoxy) is 5. The Hall–Kier alpha value is -3.54. The summed E-state index contributed by atoms with van der Waals surface area (Å²) in [5, 5.41) is 1.61. The minimum atomic E-state index is -3.15. The molecule has 0 aliphatic carbocycles. The van der Waals surface area contributed by atoms with E-state index in [1.54, 1.807) is 55.4 Å². The highest BCUT2D eigenvalue weighted by molar-refractivity contribution is 6.99. The number of carbonyl (C=O) groups is 4. The summed E-state index contributed by atoms with van der Waals surface area (Å²) >= 11 is 0. The van der Waals surface area contributed by atoms with Crippen LogP contribution in [0.3, 0.4) is 0 Å². The van der Waals surface area contributed by atoms with Crippen molar-refractivity contribution in [3.05, 3.63) is 60.7 Å². The van der Waals surface area contributed by atoms with Crippen molar-refractivity contribution in [1.82, 2.24) is 0 Å². The van der Waals surface area contributed by atoms with Crippen LogP contribution in [0, 0.1) is 23.7 Å². The molecule has 0 radical (unpaired) electrons. The quantitative estimate of drug-likeness (QED) is 0.157. The van der Waals surface area contributed by atoms with E-state index in [0.717, 1.165) is 10.4 Å². The Morgan fingerprint density at radius 2 is 0.959 bits per heavy atom. The van der Waals surface area contributed by atoms with Gasteiger partial charge in [-0.3, -0.25) is 19.2 Å². The van der Waals surface area contributed by atoms with Gasteiger partial charge in [0.25, 0.3) is 8.32 Å². The summed E-state index contributed by atoms with van der Waals surface area (Å²) in [6.07, 6.45) is -6.70. The highest BCUT2D eigenvalue weighted by Gasteiger charge is 2.56. The van der Waals surface area contributed by atoms with E-state index in [1.807, 2.05) is 60.7 Å². The summed E-state index contributed by atoms with van der Waals surface area (Å²) in [5.74, 6) is -4.71. The van der Waals surface area contributed by atoms with Gasteiger partial charge in [0.1, 0.15) is 6.10 Å². The van der Waals surface area contributed by atoms with E-state index in [9.17, 15) is 19.2 Å². The maximum Gasteiger partial charge on any atom is 0.310 e. The summed E-state index contributed by atoms with van der Waals surface area (Å²) in [6, 6.07) is 19.9. The monoisotopic (exact) mass is 698 g/mol. The van der Waals surface area contributed by atoms with Crippen molar-refractivity contribution in [1.29, 1.82) is 0 Å². The van der Waals surface area contributed by atoms with Crippen LogP contribution in [-0.2, 0) is 47.3 Å². The van der Waals surface area contributed by atoms with Crippen molar-refractivity contribution in [2.45, 2.75) is 112 Å². The predicted octanol–water partition coefficient (Wildman–Crippen LogP) is 5.19. The molecule has 0 saturated carbocycles. The van der Waals surface area contributed by atoms with Gasteiger partial charge in [-0.25, -0.2) is 0 Å². The molecule has 1 fully saturated rings. The molecule has 0 spiro atoms. The normalized spacial score (nSPS) is 21.5. The first-order chi connectivity index (χ1) is 22.9. The van der Waals surface area contributed by atoms with E-state index in [0.29, 0.717) is 0 Å². The molecule has 1 aliphatic heterocycles. The van der Waals surface area contributed by atoms with Crippen LogP contribution in [0.2, 0.25) is 5.04 Å². The number of benzene rings is 2.